The van der Waals surface area contributed by atoms with Gasteiger partial charge < -0.3 is 10.6 Å². The number of aryl methyl sites for hydroxylation is 2. The van der Waals surface area contributed by atoms with E-state index in [9.17, 15) is 0 Å². The van der Waals surface area contributed by atoms with E-state index in [0.29, 0.717) is 0 Å². The molecule has 0 fully saturated rings. The molecule has 2 aromatic rings. The zero-order valence-electron chi connectivity index (χ0n) is 12.1. The molecule has 1 aromatic heterocycles. The van der Waals surface area contributed by atoms with Gasteiger partial charge in [0.1, 0.15) is 10.7 Å². The molecule has 3 rings (SSSR count). The maximum Gasteiger partial charge on any atom is 0.114 e. The van der Waals surface area contributed by atoms with Crippen molar-refractivity contribution in [2.24, 2.45) is 0 Å². The Morgan fingerprint density at radius 2 is 2.25 bits per heavy atom. The smallest absolute Gasteiger partial charge is 0.114 e. The second-order valence-electron chi connectivity index (χ2n) is 5.44. The van der Waals surface area contributed by atoms with Crippen LogP contribution in [0, 0.1) is 0 Å². The van der Waals surface area contributed by atoms with E-state index in [1.54, 1.807) is 11.3 Å². The molecule has 2 heterocycles. The summed E-state index contributed by atoms with van der Waals surface area (Å²) in [7, 11) is 2.16. The lowest BCUT2D eigenvalue weighted by molar-refractivity contribution is 0.745. The summed E-state index contributed by atoms with van der Waals surface area (Å²) in [5, 5.41) is 1.99. The first kappa shape index (κ1) is 13.4. The van der Waals surface area contributed by atoms with Crippen LogP contribution in [0.5, 0.6) is 0 Å². The SMILES string of the molecule is CCCc1nc(-c2ccc3c(c2)CCCN3C)c(N)s1. The molecule has 0 amide bonds. The Bertz CT molecular complexity index is 618. The lowest BCUT2D eigenvalue weighted by Crippen LogP contribution is -2.24. The van der Waals surface area contributed by atoms with Gasteiger partial charge in [-0.3, -0.25) is 0 Å². The highest BCUT2D eigenvalue weighted by Crippen LogP contribution is 2.35. The highest BCUT2D eigenvalue weighted by molar-refractivity contribution is 7.16. The van der Waals surface area contributed by atoms with Crippen LogP contribution in [0.25, 0.3) is 11.3 Å². The number of thiazole rings is 1. The molecule has 0 spiro atoms. The van der Waals surface area contributed by atoms with Gasteiger partial charge in [0.15, 0.2) is 0 Å². The largest absolute Gasteiger partial charge is 0.389 e. The lowest BCUT2D eigenvalue weighted by Gasteiger charge is -2.27. The Kier molecular flexibility index (Phi) is 3.66. The molecule has 106 valence electrons. The van der Waals surface area contributed by atoms with Gasteiger partial charge in [0.25, 0.3) is 0 Å². The number of anilines is 2. The van der Waals surface area contributed by atoms with Gasteiger partial charge >= 0.3 is 0 Å². The van der Waals surface area contributed by atoms with E-state index < -0.39 is 0 Å². The molecule has 0 radical (unpaired) electrons. The van der Waals surface area contributed by atoms with Crippen molar-refractivity contribution in [1.82, 2.24) is 4.98 Å². The fraction of sp³-hybridized carbons (Fsp3) is 0.438. The molecule has 1 aromatic carbocycles. The van der Waals surface area contributed by atoms with Gasteiger partial charge in [-0.05, 0) is 43.4 Å². The number of fused-ring (bicyclic) bond motifs is 1. The van der Waals surface area contributed by atoms with Crippen LogP contribution in [-0.2, 0) is 12.8 Å². The summed E-state index contributed by atoms with van der Waals surface area (Å²) in [5.41, 5.74) is 11.0. The topological polar surface area (TPSA) is 42.2 Å². The van der Waals surface area contributed by atoms with E-state index in [2.05, 4.69) is 37.1 Å². The number of benzene rings is 1. The summed E-state index contributed by atoms with van der Waals surface area (Å²) in [6.45, 7) is 3.32. The molecular formula is C16H21N3S. The van der Waals surface area contributed by atoms with Crippen LogP contribution in [0.2, 0.25) is 0 Å². The third-order valence-corrected chi connectivity index (χ3v) is 4.81. The van der Waals surface area contributed by atoms with Gasteiger partial charge in [-0.25, -0.2) is 4.98 Å². The first-order chi connectivity index (χ1) is 9.69. The number of rotatable bonds is 3. The fourth-order valence-electron chi connectivity index (χ4n) is 2.84. The van der Waals surface area contributed by atoms with Crippen molar-refractivity contribution in [1.29, 1.82) is 0 Å². The van der Waals surface area contributed by atoms with E-state index in [4.69, 9.17) is 10.7 Å². The molecule has 0 aliphatic carbocycles. The van der Waals surface area contributed by atoms with E-state index >= 15 is 0 Å². The average molecular weight is 287 g/mol. The van der Waals surface area contributed by atoms with Gasteiger partial charge in [-0.1, -0.05) is 13.0 Å². The van der Waals surface area contributed by atoms with Crippen LogP contribution in [0.15, 0.2) is 18.2 Å². The Labute approximate surface area is 124 Å². The second kappa shape index (κ2) is 5.44. The zero-order valence-corrected chi connectivity index (χ0v) is 13.0. The summed E-state index contributed by atoms with van der Waals surface area (Å²) in [4.78, 5) is 7.05. The van der Waals surface area contributed by atoms with Crippen LogP contribution in [-0.4, -0.2) is 18.6 Å². The molecule has 1 aliphatic heterocycles. The highest BCUT2D eigenvalue weighted by Gasteiger charge is 2.16. The van der Waals surface area contributed by atoms with E-state index in [1.165, 1.54) is 17.7 Å². The molecule has 0 bridgehead atoms. The monoisotopic (exact) mass is 287 g/mol. The molecule has 3 nitrogen and oxygen atoms in total. The van der Waals surface area contributed by atoms with Gasteiger partial charge in [0, 0.05) is 24.8 Å². The van der Waals surface area contributed by atoms with E-state index in [1.807, 2.05) is 0 Å². The quantitative estimate of drug-likeness (QED) is 0.935. The summed E-state index contributed by atoms with van der Waals surface area (Å²) in [5.74, 6) is 0. The van der Waals surface area contributed by atoms with Gasteiger partial charge in [0.05, 0.1) is 5.01 Å². The van der Waals surface area contributed by atoms with E-state index in [-0.39, 0.29) is 0 Å². The third-order valence-electron chi connectivity index (χ3n) is 3.87. The Balaban J connectivity index is 1.98. The normalized spacial score (nSPS) is 14.4. The first-order valence-electron chi connectivity index (χ1n) is 7.28. The molecule has 4 heteroatoms. The predicted molar refractivity (Wildman–Crippen MR) is 87.5 cm³/mol. The van der Waals surface area contributed by atoms with E-state index in [0.717, 1.165) is 47.1 Å². The number of nitrogens with two attached hydrogens (primary N) is 1. The average Bonchev–Trinajstić information content (AvgIpc) is 2.80. The van der Waals surface area contributed by atoms with Crippen LogP contribution >= 0.6 is 11.3 Å². The Morgan fingerprint density at radius 3 is 3.05 bits per heavy atom. The van der Waals surface area contributed by atoms with Gasteiger partial charge in [0.2, 0.25) is 0 Å². The number of hydrogen-bond donors (Lipinski definition) is 1. The summed E-state index contributed by atoms with van der Waals surface area (Å²) in [6, 6.07) is 6.63. The van der Waals surface area contributed by atoms with Crippen molar-refractivity contribution in [3.63, 3.8) is 0 Å². The molecule has 0 atom stereocenters. The van der Waals surface area contributed by atoms with Crippen LogP contribution < -0.4 is 10.6 Å². The van der Waals surface area contributed by atoms with Crippen molar-refractivity contribution in [2.75, 3.05) is 24.2 Å². The third kappa shape index (κ3) is 2.40. The number of hydrogen-bond acceptors (Lipinski definition) is 4. The van der Waals surface area contributed by atoms with Crippen LogP contribution in [0.3, 0.4) is 0 Å². The Morgan fingerprint density at radius 1 is 1.40 bits per heavy atom. The molecule has 0 unspecified atom stereocenters. The fourth-order valence-corrected chi connectivity index (χ4v) is 3.80. The Hall–Kier alpha value is -1.55. The zero-order chi connectivity index (χ0) is 14.1. The minimum atomic E-state index is 0.845. The molecule has 20 heavy (non-hydrogen) atoms. The first-order valence-corrected chi connectivity index (χ1v) is 8.10. The summed E-state index contributed by atoms with van der Waals surface area (Å²) < 4.78 is 0. The molecular weight excluding hydrogens is 266 g/mol. The summed E-state index contributed by atoms with van der Waals surface area (Å²) in [6.07, 6.45) is 4.50. The molecule has 1 aliphatic rings. The van der Waals surface area contributed by atoms with Crippen molar-refractivity contribution in [3.8, 4) is 11.3 Å². The highest BCUT2D eigenvalue weighted by atomic mass is 32.1. The standard InChI is InChI=1S/C16H21N3S/c1-3-5-14-18-15(16(17)20-14)12-7-8-13-11(10-12)6-4-9-19(13)2/h7-8,10H,3-6,9,17H2,1-2H3. The minimum Gasteiger partial charge on any atom is -0.389 e. The molecule has 2 N–H and O–H groups in total. The van der Waals surface area contributed by atoms with Crippen molar-refractivity contribution >= 4 is 22.0 Å². The maximum atomic E-state index is 6.15. The maximum absolute atomic E-state index is 6.15. The van der Waals surface area contributed by atoms with Gasteiger partial charge in [-0.2, -0.15) is 0 Å². The minimum absolute atomic E-state index is 0.845. The van der Waals surface area contributed by atoms with Crippen molar-refractivity contribution < 1.29 is 0 Å². The number of nitrogen functional groups attached to an aromatic ring is 1. The number of aromatic nitrogens is 1. The van der Waals surface area contributed by atoms with Crippen LogP contribution in [0.1, 0.15) is 30.3 Å². The lowest BCUT2D eigenvalue weighted by atomic mass is 9.98. The van der Waals surface area contributed by atoms with Crippen molar-refractivity contribution in [2.45, 2.75) is 32.6 Å². The molecule has 0 saturated carbocycles. The predicted octanol–water partition coefficient (Wildman–Crippen LogP) is 3.73. The van der Waals surface area contributed by atoms with Gasteiger partial charge in [-0.15, -0.1) is 11.3 Å². The summed E-state index contributed by atoms with van der Waals surface area (Å²) >= 11 is 1.63. The number of nitrogens with zero attached hydrogens (tertiary/aromatic N) is 2. The second-order valence-corrected chi connectivity index (χ2v) is 6.55. The molecule has 0 saturated heterocycles. The van der Waals surface area contributed by atoms with Crippen molar-refractivity contribution in [3.05, 3.63) is 28.8 Å². The van der Waals surface area contributed by atoms with Crippen LogP contribution in [0.4, 0.5) is 10.7 Å².